The van der Waals surface area contributed by atoms with Crippen molar-refractivity contribution < 1.29 is 31.4 Å². The van der Waals surface area contributed by atoms with E-state index in [4.69, 9.17) is 9.47 Å². The van der Waals surface area contributed by atoms with Gasteiger partial charge in [0.15, 0.2) is 0 Å². The summed E-state index contributed by atoms with van der Waals surface area (Å²) >= 11 is 0. The van der Waals surface area contributed by atoms with Crippen LogP contribution in [-0.4, -0.2) is 52.6 Å². The molecule has 37 heavy (non-hydrogen) atoms. The van der Waals surface area contributed by atoms with Gasteiger partial charge in [-0.05, 0) is 49.2 Å². The summed E-state index contributed by atoms with van der Waals surface area (Å²) in [7, 11) is 0. The molecule has 210 valence electrons. The van der Waals surface area contributed by atoms with Gasteiger partial charge in [-0.3, -0.25) is 0 Å². The monoisotopic (exact) mass is 532 g/mol. The summed E-state index contributed by atoms with van der Waals surface area (Å²) in [4.78, 5) is 3.99. The zero-order valence-corrected chi connectivity index (χ0v) is 22.8. The van der Waals surface area contributed by atoms with E-state index in [9.17, 15) is 22.0 Å². The SMILES string of the molecule is CC.CC.Cc1ccc(N2CCOCC2)cc1C(F)(F)F.Cc1ccc(N2CCOCC2)cc1C(F)F. The number of rotatable bonds is 3. The number of morpholine rings is 2. The summed E-state index contributed by atoms with van der Waals surface area (Å²) in [5, 5.41) is 0. The second kappa shape index (κ2) is 16.5. The highest BCUT2D eigenvalue weighted by atomic mass is 19.4. The number of nitrogens with zero attached hydrogens (tertiary/aromatic N) is 2. The Kier molecular flexibility index (Phi) is 14.5. The van der Waals surface area contributed by atoms with Gasteiger partial charge in [0.1, 0.15) is 0 Å². The maximum Gasteiger partial charge on any atom is 0.416 e. The maximum absolute atomic E-state index is 12.8. The molecule has 2 aliphatic heterocycles. The first-order chi connectivity index (χ1) is 17.7. The van der Waals surface area contributed by atoms with Crippen LogP contribution in [-0.2, 0) is 15.7 Å². The molecule has 0 radical (unpaired) electrons. The van der Waals surface area contributed by atoms with Crippen LogP contribution >= 0.6 is 0 Å². The van der Waals surface area contributed by atoms with E-state index in [0.717, 1.165) is 18.8 Å². The molecule has 2 saturated heterocycles. The minimum Gasteiger partial charge on any atom is -0.378 e. The van der Waals surface area contributed by atoms with Gasteiger partial charge < -0.3 is 19.3 Å². The van der Waals surface area contributed by atoms with Crippen molar-refractivity contribution in [3.63, 3.8) is 0 Å². The normalized spacial score (nSPS) is 15.6. The molecular weight excluding hydrogens is 491 g/mol. The first-order valence-corrected chi connectivity index (χ1v) is 12.9. The molecule has 0 unspecified atom stereocenters. The highest BCUT2D eigenvalue weighted by Crippen LogP contribution is 2.34. The van der Waals surface area contributed by atoms with Gasteiger partial charge in [-0.1, -0.05) is 39.8 Å². The van der Waals surface area contributed by atoms with E-state index >= 15 is 0 Å². The van der Waals surface area contributed by atoms with Crippen molar-refractivity contribution in [2.75, 3.05) is 62.4 Å². The summed E-state index contributed by atoms with van der Waals surface area (Å²) in [6, 6.07) is 9.72. The Morgan fingerprint density at radius 1 is 0.676 bits per heavy atom. The molecule has 2 aliphatic rings. The zero-order chi connectivity index (χ0) is 28.0. The smallest absolute Gasteiger partial charge is 0.378 e. The minimum atomic E-state index is -4.29. The van der Waals surface area contributed by atoms with E-state index in [2.05, 4.69) is 4.90 Å². The van der Waals surface area contributed by atoms with Gasteiger partial charge in [0.25, 0.3) is 6.43 Å². The van der Waals surface area contributed by atoms with Gasteiger partial charge in [0.05, 0.1) is 32.0 Å². The lowest BCUT2D eigenvalue weighted by Crippen LogP contribution is -2.36. The Bertz CT molecular complexity index is 910. The third kappa shape index (κ3) is 10.1. The molecule has 2 fully saturated rings. The lowest BCUT2D eigenvalue weighted by Gasteiger charge is -2.29. The molecule has 0 bridgehead atoms. The summed E-state index contributed by atoms with van der Waals surface area (Å²) in [6.07, 6.45) is -6.69. The van der Waals surface area contributed by atoms with Gasteiger partial charge in [-0.2, -0.15) is 13.2 Å². The highest BCUT2D eigenvalue weighted by Gasteiger charge is 2.33. The third-order valence-corrected chi connectivity index (χ3v) is 5.78. The highest BCUT2D eigenvalue weighted by molar-refractivity contribution is 5.52. The van der Waals surface area contributed by atoms with E-state index in [1.807, 2.05) is 38.7 Å². The van der Waals surface area contributed by atoms with Gasteiger partial charge in [-0.15, -0.1) is 0 Å². The first-order valence-electron chi connectivity index (χ1n) is 12.9. The first kappa shape index (κ1) is 32.6. The van der Waals surface area contributed by atoms with Crippen molar-refractivity contribution in [1.29, 1.82) is 0 Å². The molecule has 0 spiro atoms. The van der Waals surface area contributed by atoms with Crippen molar-refractivity contribution in [3.8, 4) is 0 Å². The number of benzene rings is 2. The number of alkyl halides is 5. The fraction of sp³-hybridized carbons (Fsp3) is 0.571. The maximum atomic E-state index is 12.8. The van der Waals surface area contributed by atoms with Crippen molar-refractivity contribution in [2.24, 2.45) is 0 Å². The molecule has 9 heteroatoms. The Hall–Kier alpha value is -2.39. The zero-order valence-electron chi connectivity index (χ0n) is 22.8. The number of anilines is 2. The average molecular weight is 533 g/mol. The number of halogens is 5. The molecule has 4 nitrogen and oxygen atoms in total. The number of ether oxygens (including phenoxy) is 2. The third-order valence-electron chi connectivity index (χ3n) is 5.78. The number of aryl methyl sites for hydroxylation is 2. The molecule has 0 amide bonds. The van der Waals surface area contributed by atoms with E-state index in [1.165, 1.54) is 19.1 Å². The van der Waals surface area contributed by atoms with E-state index in [-0.39, 0.29) is 11.1 Å². The second-order valence-corrected chi connectivity index (χ2v) is 8.04. The average Bonchev–Trinajstić information content (AvgIpc) is 2.92. The largest absolute Gasteiger partial charge is 0.416 e. The molecule has 0 aliphatic carbocycles. The molecule has 0 aromatic heterocycles. The molecule has 4 rings (SSSR count). The van der Waals surface area contributed by atoms with Crippen LogP contribution < -0.4 is 9.80 Å². The van der Waals surface area contributed by atoms with Crippen molar-refractivity contribution >= 4 is 11.4 Å². The molecule has 0 atom stereocenters. The van der Waals surface area contributed by atoms with Gasteiger partial charge in [0.2, 0.25) is 0 Å². The lowest BCUT2D eigenvalue weighted by atomic mass is 10.1. The van der Waals surface area contributed by atoms with Crippen LogP contribution in [0.2, 0.25) is 0 Å². The van der Waals surface area contributed by atoms with E-state index in [1.54, 1.807) is 25.1 Å². The van der Waals surface area contributed by atoms with Gasteiger partial charge >= 0.3 is 6.18 Å². The predicted molar refractivity (Wildman–Crippen MR) is 141 cm³/mol. The molecule has 0 saturated carbocycles. The lowest BCUT2D eigenvalue weighted by molar-refractivity contribution is -0.138. The Morgan fingerprint density at radius 2 is 1.08 bits per heavy atom. The molecule has 2 aromatic rings. The predicted octanol–water partition coefficient (Wildman–Crippen LogP) is 7.67. The van der Waals surface area contributed by atoms with Gasteiger partial charge in [-0.25, -0.2) is 8.78 Å². The van der Waals surface area contributed by atoms with Crippen LogP contribution in [0.25, 0.3) is 0 Å². The Labute approximate surface area is 218 Å². The Morgan fingerprint density at radius 3 is 1.49 bits per heavy atom. The number of hydrogen-bond donors (Lipinski definition) is 0. The van der Waals surface area contributed by atoms with Crippen LogP contribution in [0.3, 0.4) is 0 Å². The van der Waals surface area contributed by atoms with Crippen LogP contribution in [0.15, 0.2) is 36.4 Å². The van der Waals surface area contributed by atoms with E-state index in [0.29, 0.717) is 50.8 Å². The fourth-order valence-corrected chi connectivity index (χ4v) is 3.81. The van der Waals surface area contributed by atoms with Crippen molar-refractivity contribution in [2.45, 2.75) is 54.1 Å². The summed E-state index contributed by atoms with van der Waals surface area (Å²) < 4.78 is 74.1. The van der Waals surface area contributed by atoms with Crippen molar-refractivity contribution in [1.82, 2.24) is 0 Å². The topological polar surface area (TPSA) is 24.9 Å². The summed E-state index contributed by atoms with van der Waals surface area (Å²) in [6.45, 7) is 16.5. The van der Waals surface area contributed by atoms with Crippen molar-refractivity contribution in [3.05, 3.63) is 58.7 Å². The molecule has 2 heterocycles. The summed E-state index contributed by atoms with van der Waals surface area (Å²) in [5.41, 5.74) is 1.96. The van der Waals surface area contributed by atoms with Crippen LogP contribution in [0.5, 0.6) is 0 Å². The van der Waals surface area contributed by atoms with E-state index < -0.39 is 18.2 Å². The van der Waals surface area contributed by atoms with Crippen LogP contribution in [0, 0.1) is 13.8 Å². The second-order valence-electron chi connectivity index (χ2n) is 8.04. The Balaban J connectivity index is 0.000000327. The van der Waals surface area contributed by atoms with Crippen LogP contribution in [0.4, 0.5) is 33.3 Å². The number of hydrogen-bond acceptors (Lipinski definition) is 4. The fourth-order valence-electron chi connectivity index (χ4n) is 3.81. The van der Waals surface area contributed by atoms with Crippen LogP contribution in [0.1, 0.15) is 56.4 Å². The molecule has 0 N–H and O–H groups in total. The minimum absolute atomic E-state index is 0.129. The standard InChI is InChI=1S/C12H14F3NO.C12H15F2NO.2C2H6/c1-9-2-3-10(8-11(9)12(13,14)15)16-4-6-17-7-5-16;1-9-2-3-10(8-11(9)12(13)14)15-4-6-16-7-5-15;2*1-2/h2-3,8H,4-7H2,1H3;2-3,8,12H,4-7H2,1H3;2*1-2H3. The van der Waals surface area contributed by atoms with Gasteiger partial charge in [0, 0.05) is 43.1 Å². The quantitative estimate of drug-likeness (QED) is 0.379. The molecular formula is C28H41F5N2O2. The molecule has 2 aromatic carbocycles. The summed E-state index contributed by atoms with van der Waals surface area (Å²) in [5.74, 6) is 0.